The fourth-order valence-electron chi connectivity index (χ4n) is 1.38. The van der Waals surface area contributed by atoms with Gasteiger partial charge >= 0.3 is 0 Å². The monoisotopic (exact) mass is 259 g/mol. The normalized spacial score (nSPS) is 10.1. The van der Waals surface area contributed by atoms with Crippen LogP contribution in [0.3, 0.4) is 0 Å². The average molecular weight is 260 g/mol. The van der Waals surface area contributed by atoms with Gasteiger partial charge in [-0.1, -0.05) is 11.6 Å². The minimum Gasteiger partial charge on any atom is -0.484 e. The van der Waals surface area contributed by atoms with Crippen molar-refractivity contribution in [3.05, 3.63) is 29.0 Å². The van der Waals surface area contributed by atoms with E-state index in [2.05, 4.69) is 0 Å². The minimum absolute atomic E-state index is 0.0346. The molecule has 0 saturated heterocycles. The van der Waals surface area contributed by atoms with Crippen molar-refractivity contribution in [3.8, 4) is 5.75 Å². The van der Waals surface area contributed by atoms with Crippen molar-refractivity contribution in [3.63, 3.8) is 0 Å². The third kappa shape index (κ3) is 3.89. The van der Waals surface area contributed by atoms with Crippen LogP contribution in [0.5, 0.6) is 5.75 Å². The molecule has 0 unspecified atom stereocenters. The highest BCUT2D eigenvalue weighted by Crippen LogP contribution is 2.20. The molecule has 0 radical (unpaired) electrons. The summed E-state index contributed by atoms with van der Waals surface area (Å²) in [6.07, 6.45) is 0. The second-order valence-electron chi connectivity index (χ2n) is 3.43. The lowest BCUT2D eigenvalue weighted by molar-refractivity contribution is -0.132. The van der Waals surface area contributed by atoms with Gasteiger partial charge in [0.1, 0.15) is 11.6 Å². The number of benzene rings is 1. The standard InChI is InChI=1S/C12H15ClFNO2/c1-3-15(4-2)12(16)8-17-9-5-6-10(13)11(14)7-9/h5-7H,3-4,8H2,1-2H3. The van der Waals surface area contributed by atoms with Gasteiger partial charge < -0.3 is 9.64 Å². The number of carbonyl (C=O) groups is 1. The molecule has 0 saturated carbocycles. The van der Waals surface area contributed by atoms with Crippen LogP contribution in [0.4, 0.5) is 4.39 Å². The summed E-state index contributed by atoms with van der Waals surface area (Å²) in [6.45, 7) is 4.96. The van der Waals surface area contributed by atoms with Crippen LogP contribution < -0.4 is 4.74 Å². The Labute approximate surface area is 105 Å². The van der Waals surface area contributed by atoms with Crippen molar-refractivity contribution in [2.75, 3.05) is 19.7 Å². The Morgan fingerprint density at radius 1 is 1.41 bits per heavy atom. The van der Waals surface area contributed by atoms with Crippen LogP contribution in [0.25, 0.3) is 0 Å². The second kappa shape index (κ2) is 6.45. The predicted octanol–water partition coefficient (Wildman–Crippen LogP) is 2.73. The van der Waals surface area contributed by atoms with Crippen molar-refractivity contribution in [2.45, 2.75) is 13.8 Å². The highest BCUT2D eigenvalue weighted by atomic mass is 35.5. The molecule has 0 fully saturated rings. The third-order valence-electron chi connectivity index (χ3n) is 2.37. The molecule has 1 aromatic rings. The minimum atomic E-state index is -0.556. The molecule has 1 amide bonds. The number of hydrogen-bond donors (Lipinski definition) is 0. The van der Waals surface area contributed by atoms with E-state index in [0.717, 1.165) is 6.07 Å². The largest absolute Gasteiger partial charge is 0.484 e. The van der Waals surface area contributed by atoms with Crippen LogP contribution in [0.1, 0.15) is 13.8 Å². The van der Waals surface area contributed by atoms with Gasteiger partial charge in [-0.25, -0.2) is 4.39 Å². The van der Waals surface area contributed by atoms with Gasteiger partial charge in [-0.2, -0.15) is 0 Å². The van der Waals surface area contributed by atoms with E-state index in [1.807, 2.05) is 13.8 Å². The summed E-state index contributed by atoms with van der Waals surface area (Å²) in [6, 6.07) is 4.09. The molecule has 1 aromatic carbocycles. The highest BCUT2D eigenvalue weighted by Gasteiger charge is 2.10. The van der Waals surface area contributed by atoms with Gasteiger partial charge in [0.15, 0.2) is 6.61 Å². The summed E-state index contributed by atoms with van der Waals surface area (Å²) in [4.78, 5) is 13.3. The smallest absolute Gasteiger partial charge is 0.260 e. The Morgan fingerprint density at radius 3 is 2.59 bits per heavy atom. The summed E-state index contributed by atoms with van der Waals surface area (Å²) in [5.41, 5.74) is 0. The van der Waals surface area contributed by atoms with E-state index in [0.29, 0.717) is 18.8 Å². The van der Waals surface area contributed by atoms with Gasteiger partial charge in [-0.3, -0.25) is 4.79 Å². The topological polar surface area (TPSA) is 29.5 Å². The van der Waals surface area contributed by atoms with E-state index in [4.69, 9.17) is 16.3 Å². The SMILES string of the molecule is CCN(CC)C(=O)COc1ccc(Cl)c(F)c1. The zero-order chi connectivity index (χ0) is 12.8. The van der Waals surface area contributed by atoms with Crippen LogP contribution in [0.15, 0.2) is 18.2 Å². The van der Waals surface area contributed by atoms with Gasteiger partial charge in [-0.05, 0) is 26.0 Å². The number of halogens is 2. The van der Waals surface area contributed by atoms with Crippen LogP contribution in [-0.4, -0.2) is 30.5 Å². The van der Waals surface area contributed by atoms with E-state index in [1.165, 1.54) is 12.1 Å². The number of rotatable bonds is 5. The molecule has 0 N–H and O–H groups in total. The summed E-state index contributed by atoms with van der Waals surface area (Å²) < 4.78 is 18.3. The average Bonchev–Trinajstić information content (AvgIpc) is 2.32. The van der Waals surface area contributed by atoms with E-state index in [1.54, 1.807) is 4.90 Å². The maximum Gasteiger partial charge on any atom is 0.260 e. The molecule has 0 aromatic heterocycles. The van der Waals surface area contributed by atoms with Gasteiger partial charge in [0, 0.05) is 19.2 Å². The molecule has 1 rings (SSSR count). The van der Waals surface area contributed by atoms with Crippen LogP contribution in [0, 0.1) is 5.82 Å². The number of hydrogen-bond acceptors (Lipinski definition) is 2. The first-order valence-corrected chi connectivity index (χ1v) is 5.81. The van der Waals surface area contributed by atoms with E-state index in [-0.39, 0.29) is 17.5 Å². The molecule has 0 aliphatic rings. The summed E-state index contributed by atoms with van der Waals surface area (Å²) in [7, 11) is 0. The summed E-state index contributed by atoms with van der Waals surface area (Å²) >= 11 is 5.53. The zero-order valence-corrected chi connectivity index (χ0v) is 10.6. The number of carbonyl (C=O) groups excluding carboxylic acids is 1. The van der Waals surface area contributed by atoms with E-state index >= 15 is 0 Å². The van der Waals surface area contributed by atoms with Crippen molar-refractivity contribution >= 4 is 17.5 Å². The quantitative estimate of drug-likeness (QED) is 0.814. The van der Waals surface area contributed by atoms with Gasteiger partial charge in [0.25, 0.3) is 5.91 Å². The molecular weight excluding hydrogens is 245 g/mol. The van der Waals surface area contributed by atoms with Gasteiger partial charge in [-0.15, -0.1) is 0 Å². The molecule has 0 atom stereocenters. The number of likely N-dealkylation sites (N-methyl/N-ethyl adjacent to an activating group) is 1. The molecule has 17 heavy (non-hydrogen) atoms. The molecule has 0 aliphatic heterocycles. The number of ether oxygens (including phenoxy) is 1. The van der Waals surface area contributed by atoms with E-state index < -0.39 is 5.82 Å². The van der Waals surface area contributed by atoms with Crippen molar-refractivity contribution < 1.29 is 13.9 Å². The Kier molecular flexibility index (Phi) is 5.22. The highest BCUT2D eigenvalue weighted by molar-refractivity contribution is 6.30. The Balaban J connectivity index is 2.55. The summed E-state index contributed by atoms with van der Waals surface area (Å²) in [5.74, 6) is -0.378. The zero-order valence-electron chi connectivity index (χ0n) is 9.87. The predicted molar refractivity (Wildman–Crippen MR) is 64.8 cm³/mol. The van der Waals surface area contributed by atoms with E-state index in [9.17, 15) is 9.18 Å². The van der Waals surface area contributed by atoms with Crippen LogP contribution >= 0.6 is 11.6 Å². The molecule has 3 nitrogen and oxygen atoms in total. The lowest BCUT2D eigenvalue weighted by atomic mass is 10.3. The first-order chi connectivity index (χ1) is 8.08. The molecule has 0 bridgehead atoms. The molecular formula is C12H15ClFNO2. The Hall–Kier alpha value is -1.29. The fourth-order valence-corrected chi connectivity index (χ4v) is 1.50. The molecule has 5 heteroatoms. The van der Waals surface area contributed by atoms with Crippen LogP contribution in [-0.2, 0) is 4.79 Å². The maximum absolute atomic E-state index is 13.1. The van der Waals surface area contributed by atoms with Crippen molar-refractivity contribution in [1.82, 2.24) is 4.90 Å². The van der Waals surface area contributed by atoms with Crippen LogP contribution in [0.2, 0.25) is 5.02 Å². The first-order valence-electron chi connectivity index (χ1n) is 5.44. The van der Waals surface area contributed by atoms with Gasteiger partial charge in [0.2, 0.25) is 0 Å². The van der Waals surface area contributed by atoms with Crippen molar-refractivity contribution in [1.29, 1.82) is 0 Å². The Bertz CT molecular complexity index is 394. The lowest BCUT2D eigenvalue weighted by Crippen LogP contribution is -2.34. The second-order valence-corrected chi connectivity index (χ2v) is 3.84. The third-order valence-corrected chi connectivity index (χ3v) is 2.68. The fraction of sp³-hybridized carbons (Fsp3) is 0.417. The molecule has 0 aliphatic carbocycles. The first kappa shape index (κ1) is 13.8. The summed E-state index contributed by atoms with van der Waals surface area (Å²) in [5, 5.41) is 0.0346. The maximum atomic E-state index is 13.1. The molecule has 0 spiro atoms. The number of nitrogens with zero attached hydrogens (tertiary/aromatic N) is 1. The Morgan fingerprint density at radius 2 is 2.06 bits per heavy atom. The van der Waals surface area contributed by atoms with Gasteiger partial charge in [0.05, 0.1) is 5.02 Å². The van der Waals surface area contributed by atoms with Crippen molar-refractivity contribution in [2.24, 2.45) is 0 Å². The molecule has 94 valence electrons. The molecule has 0 heterocycles. The lowest BCUT2D eigenvalue weighted by Gasteiger charge is -2.18. The number of amides is 1.